The van der Waals surface area contributed by atoms with E-state index in [0.717, 1.165) is 125 Å². The molecule has 4 aliphatic rings. The molecule has 70 heavy (non-hydrogen) atoms. The van der Waals surface area contributed by atoms with Crippen molar-refractivity contribution in [2.45, 2.75) is 164 Å². The molecule has 0 aromatic heterocycles. The SMILES string of the molecule is C.CC(C)(C)c1cc(C(CCCN2CCC[N+]3=C2NCCC3)=NCCN=C(CCCN2CCC[N+]3=C2NCCC3)c2cc(C(C)(C)C)cc(C(C)(C)C)c2O)c(O)c(C(C)(C)C)c1.O=C(O)C(=O)O.[Co]. The fourth-order valence-electron chi connectivity index (χ4n) is 9.55. The van der Waals surface area contributed by atoms with Crippen molar-refractivity contribution in [3.8, 4) is 11.5 Å². The molecule has 393 valence electrons. The predicted molar refractivity (Wildman–Crippen MR) is 282 cm³/mol. The Balaban J connectivity index is 0.00000152. The summed E-state index contributed by atoms with van der Waals surface area (Å²) in [5.74, 6) is -0.377. The first kappa shape index (κ1) is 59.7. The summed E-state index contributed by atoms with van der Waals surface area (Å²) in [6, 6.07) is 8.80. The standard InChI is InChI=1S/C52H82N8O2.C2H2O4.CH4.Co/c1-49(2,3)37-33-39(45(61)41(35-37)51(7,8)9)43(19-13-25-57-29-17-31-59-27-15-21-55-47(57)59)53-23-24-54-44(20-14-26-58-30-18-32-60-28-16-22-56-48(58)60)40-34-38(50(4,5)6)36-42(46(40)62)52(10,11)12;3-1(4)2(5)6;;/h33-36H,13-32H2,1-12H3,(H2,53,54,61,62);(H,3,4)(H,5,6);1H4;/p+2. The monoisotopic (exact) mass is 1020 g/mol. The number of rotatable bonds is 13. The summed E-state index contributed by atoms with van der Waals surface area (Å²) >= 11 is 0. The van der Waals surface area contributed by atoms with Crippen LogP contribution in [0.1, 0.15) is 175 Å². The van der Waals surface area contributed by atoms with E-state index in [1.54, 1.807) is 0 Å². The van der Waals surface area contributed by atoms with E-state index in [-0.39, 0.29) is 45.9 Å². The van der Waals surface area contributed by atoms with Gasteiger partial charge in [0.05, 0.1) is 78.5 Å². The maximum atomic E-state index is 12.1. The van der Waals surface area contributed by atoms with E-state index in [1.165, 1.54) is 48.7 Å². The molecule has 0 saturated heterocycles. The average Bonchev–Trinajstić information content (AvgIpc) is 3.25. The molecule has 0 amide bonds. The number of guanidine groups is 2. The number of hydrogen-bond donors (Lipinski definition) is 6. The quantitative estimate of drug-likeness (QED) is 0.0499. The molecule has 2 aromatic carbocycles. The second kappa shape index (κ2) is 25.2. The second-order valence-corrected chi connectivity index (χ2v) is 23.2. The molecule has 1 radical (unpaired) electrons. The van der Waals surface area contributed by atoms with Gasteiger partial charge in [0, 0.05) is 76.1 Å². The largest absolute Gasteiger partial charge is 0.507 e. The number of carboxylic acid groups (broad SMARTS) is 2. The van der Waals surface area contributed by atoms with Crippen molar-refractivity contribution in [2.75, 3.05) is 78.5 Å². The molecule has 0 spiro atoms. The fraction of sp³-hybridized carbons (Fsp3) is 0.673. The molecule has 2 aromatic rings. The number of carboxylic acids is 2. The summed E-state index contributed by atoms with van der Waals surface area (Å²) in [7, 11) is 0. The van der Waals surface area contributed by atoms with Crippen LogP contribution >= 0.6 is 0 Å². The Labute approximate surface area is 431 Å². The van der Waals surface area contributed by atoms with E-state index in [0.29, 0.717) is 24.6 Å². The predicted octanol–water partition coefficient (Wildman–Crippen LogP) is 8.05. The van der Waals surface area contributed by atoms with Crippen LogP contribution in [0.2, 0.25) is 0 Å². The summed E-state index contributed by atoms with van der Waals surface area (Å²) in [4.78, 5) is 34.0. The van der Waals surface area contributed by atoms with Gasteiger partial charge in [0.15, 0.2) is 0 Å². The zero-order valence-electron chi connectivity index (χ0n) is 44.1. The van der Waals surface area contributed by atoms with Gasteiger partial charge in [-0.05, 0) is 70.6 Å². The normalized spacial score (nSPS) is 17.0. The third kappa shape index (κ3) is 15.9. The van der Waals surface area contributed by atoms with Gasteiger partial charge in [-0.3, -0.25) is 39.6 Å². The molecule has 14 nitrogen and oxygen atoms in total. The molecule has 6 rings (SSSR count). The Hall–Kier alpha value is -4.63. The van der Waals surface area contributed by atoms with Crippen LogP contribution in [0, 0.1) is 0 Å². The number of nitrogens with one attached hydrogen (secondary N) is 2. The van der Waals surface area contributed by atoms with Crippen LogP contribution in [0.3, 0.4) is 0 Å². The number of carbonyl (C=O) groups is 2. The van der Waals surface area contributed by atoms with E-state index in [9.17, 15) is 10.2 Å². The fourth-order valence-corrected chi connectivity index (χ4v) is 9.55. The van der Waals surface area contributed by atoms with Gasteiger partial charge in [0.25, 0.3) is 0 Å². The number of phenolic OH excluding ortho intramolecular Hbond substituents is 2. The molecule has 0 atom stereocenters. The van der Waals surface area contributed by atoms with Crippen LogP contribution in [0.15, 0.2) is 34.3 Å². The van der Waals surface area contributed by atoms with Crippen molar-refractivity contribution < 1.29 is 55.9 Å². The van der Waals surface area contributed by atoms with E-state index in [4.69, 9.17) is 29.8 Å². The summed E-state index contributed by atoms with van der Waals surface area (Å²) in [5, 5.41) is 46.4. The number of aliphatic imine (C=N–C) groups is 2. The number of aromatic hydroxyl groups is 2. The van der Waals surface area contributed by atoms with Gasteiger partial charge in [0.2, 0.25) is 0 Å². The van der Waals surface area contributed by atoms with Crippen LogP contribution in [-0.4, -0.2) is 153 Å². The minimum Gasteiger partial charge on any atom is -0.507 e. The molecule has 4 aliphatic heterocycles. The number of benzene rings is 2. The van der Waals surface area contributed by atoms with Gasteiger partial charge in [-0.2, -0.15) is 0 Å². The van der Waals surface area contributed by atoms with Crippen LogP contribution in [0.25, 0.3) is 0 Å². The zero-order valence-corrected chi connectivity index (χ0v) is 45.1. The maximum absolute atomic E-state index is 12.1. The van der Waals surface area contributed by atoms with Crippen molar-refractivity contribution in [3.05, 3.63) is 57.6 Å². The number of nitrogens with zero attached hydrogens (tertiary/aromatic N) is 6. The van der Waals surface area contributed by atoms with Gasteiger partial charge in [0.1, 0.15) is 11.5 Å². The molecule has 0 unspecified atom stereocenters. The molecular formula is C55H90CoN8O6+2. The van der Waals surface area contributed by atoms with Crippen LogP contribution in [0.4, 0.5) is 0 Å². The van der Waals surface area contributed by atoms with Gasteiger partial charge in [-0.15, -0.1) is 0 Å². The van der Waals surface area contributed by atoms with Gasteiger partial charge in [-0.25, -0.2) is 9.59 Å². The van der Waals surface area contributed by atoms with Gasteiger partial charge >= 0.3 is 23.9 Å². The summed E-state index contributed by atoms with van der Waals surface area (Å²) in [5.41, 5.74) is 7.27. The van der Waals surface area contributed by atoms with Crippen molar-refractivity contribution in [2.24, 2.45) is 9.98 Å². The number of aliphatic carboxylic acids is 2. The second-order valence-electron chi connectivity index (χ2n) is 23.2. The van der Waals surface area contributed by atoms with Gasteiger partial charge in [-0.1, -0.05) is 103 Å². The van der Waals surface area contributed by atoms with Gasteiger partial charge < -0.3 is 20.4 Å². The minimum atomic E-state index is -1.82. The maximum Gasteiger partial charge on any atom is 0.414 e. The van der Waals surface area contributed by atoms with Crippen LogP contribution in [-0.2, 0) is 48.0 Å². The van der Waals surface area contributed by atoms with Crippen molar-refractivity contribution in [3.63, 3.8) is 0 Å². The van der Waals surface area contributed by atoms with E-state index in [2.05, 4.69) is 137 Å². The Morgan fingerprint density at radius 2 is 0.914 bits per heavy atom. The van der Waals surface area contributed by atoms with Crippen molar-refractivity contribution in [1.82, 2.24) is 20.4 Å². The minimum absolute atomic E-state index is 0. The first-order valence-corrected chi connectivity index (χ1v) is 25.3. The Morgan fingerprint density at radius 3 is 1.23 bits per heavy atom. The molecule has 0 fully saturated rings. The number of hydrogen-bond acceptors (Lipinski definition) is 10. The van der Waals surface area contributed by atoms with E-state index in [1.807, 2.05) is 0 Å². The first-order chi connectivity index (χ1) is 31.8. The molecule has 0 saturated carbocycles. The van der Waals surface area contributed by atoms with Crippen LogP contribution in [0.5, 0.6) is 11.5 Å². The smallest absolute Gasteiger partial charge is 0.414 e. The summed E-state index contributed by atoms with van der Waals surface area (Å²) in [6.45, 7) is 38.2. The third-order valence-electron chi connectivity index (χ3n) is 13.4. The molecule has 0 bridgehead atoms. The van der Waals surface area contributed by atoms with E-state index < -0.39 is 11.9 Å². The van der Waals surface area contributed by atoms with Crippen molar-refractivity contribution in [1.29, 1.82) is 0 Å². The number of phenols is 2. The van der Waals surface area contributed by atoms with E-state index >= 15 is 0 Å². The molecular weight excluding hydrogens is 928 g/mol. The van der Waals surface area contributed by atoms with Crippen molar-refractivity contribution >= 4 is 35.3 Å². The third-order valence-corrected chi connectivity index (χ3v) is 13.4. The van der Waals surface area contributed by atoms with Crippen LogP contribution < -0.4 is 10.6 Å². The Morgan fingerprint density at radius 1 is 0.571 bits per heavy atom. The summed E-state index contributed by atoms with van der Waals surface area (Å²) < 4.78 is 5.02. The molecule has 4 heterocycles. The Bertz CT molecular complexity index is 2090. The first-order valence-electron chi connectivity index (χ1n) is 25.3. The molecule has 6 N–H and O–H groups in total. The Kier molecular flexibility index (Phi) is 21.4. The summed E-state index contributed by atoms with van der Waals surface area (Å²) in [6.07, 6.45) is 8.10. The molecule has 0 aliphatic carbocycles. The zero-order chi connectivity index (χ0) is 50.2. The average molecular weight is 1020 g/mol. The topological polar surface area (TPSA) is 176 Å². The molecule has 15 heteroatoms.